The number of piperidine rings is 1. The van der Waals surface area contributed by atoms with E-state index in [4.69, 9.17) is 19.8 Å². The van der Waals surface area contributed by atoms with Crippen LogP contribution in [0, 0.1) is 0 Å². The van der Waals surface area contributed by atoms with Crippen LogP contribution >= 0.6 is 24.0 Å². The average Bonchev–Trinajstić information content (AvgIpc) is 2.97. The number of likely N-dealkylation sites (N-methyl/N-ethyl adjacent to an activating group) is 1. The van der Waals surface area contributed by atoms with E-state index in [1.807, 2.05) is 74.8 Å². The topological polar surface area (TPSA) is 62.2 Å². The summed E-state index contributed by atoms with van der Waals surface area (Å²) in [6, 6.07) is 27.7. The van der Waals surface area contributed by atoms with Crippen molar-refractivity contribution in [1.29, 1.82) is 0 Å². The molecule has 3 aromatic rings. The van der Waals surface area contributed by atoms with Crippen LogP contribution in [-0.2, 0) is 24.0 Å². The molecule has 266 valence electrons. The Morgan fingerprint density at radius 3 is 1.58 bits per heavy atom. The fraction of sp³-hybridized carbons (Fsp3) is 0.486. The molecule has 0 aliphatic carbocycles. The Bertz CT molecular complexity index is 1350. The fourth-order valence-corrected chi connectivity index (χ4v) is 19.1. The molecule has 0 bridgehead atoms. The van der Waals surface area contributed by atoms with Gasteiger partial charge in [0.05, 0.1) is 5.60 Å². The molecule has 0 unspecified atom stereocenters. The van der Waals surface area contributed by atoms with Crippen molar-refractivity contribution in [2.75, 3.05) is 33.7 Å². The number of rotatable bonds is 11. The zero-order chi connectivity index (χ0) is 35.1. The van der Waals surface area contributed by atoms with E-state index in [0.29, 0.717) is 24.3 Å². The third kappa shape index (κ3) is 12.2. The van der Waals surface area contributed by atoms with Gasteiger partial charge in [-0.1, -0.05) is 84.4 Å². The summed E-state index contributed by atoms with van der Waals surface area (Å²) in [5.41, 5.74) is 1.33. The molecule has 0 radical (unpaired) electrons. The minimum atomic E-state index is -1.85. The number of halogens is 2. The Morgan fingerprint density at radius 1 is 0.792 bits per heavy atom. The molecule has 1 amide bonds. The molecule has 1 N–H and O–H groups in total. The number of aliphatic hydroxyl groups is 1. The lowest BCUT2D eigenvalue weighted by molar-refractivity contribution is -0.133. The number of nitrogens with zero attached hydrogens (tertiary/aromatic N) is 2. The van der Waals surface area contributed by atoms with Crippen LogP contribution in [0.3, 0.4) is 0 Å². The standard InChI is InChI=1S/C29H33ClN2O2.C8H24O2Si3.ClH/c1-31(2)27(33)29(24-9-5-3-6-10-24,25-11-7-4-8-12-25)19-22-32-20-17-28(34,18-21-32)23-13-15-26(30)16-14-23;1-11(2,3)9-13(7,8)10-12(4,5)6;/h3-16,34H,17-22H2,1-2H3;1-8H3;1H. The van der Waals surface area contributed by atoms with Crippen molar-refractivity contribution in [3.8, 4) is 0 Å². The molecule has 0 aromatic heterocycles. The molecule has 1 aliphatic heterocycles. The lowest BCUT2D eigenvalue weighted by Gasteiger charge is -2.41. The molecule has 4 rings (SSSR count). The normalized spacial score (nSPS) is 15.5. The first kappa shape index (κ1) is 42.4. The summed E-state index contributed by atoms with van der Waals surface area (Å²) >= 11 is 6.03. The third-order valence-corrected chi connectivity index (χ3v) is 17.4. The molecule has 1 saturated heterocycles. The van der Waals surface area contributed by atoms with Gasteiger partial charge in [0.2, 0.25) is 5.91 Å². The Labute approximate surface area is 304 Å². The number of benzene rings is 3. The van der Waals surface area contributed by atoms with Crippen LogP contribution in [-0.4, -0.2) is 79.7 Å². The number of amides is 1. The Hall–Kier alpha value is -1.80. The van der Waals surface area contributed by atoms with Crippen LogP contribution < -0.4 is 0 Å². The van der Waals surface area contributed by atoms with Gasteiger partial charge in [0, 0.05) is 32.2 Å². The number of carbonyl (C=O) groups excluding carboxylic acids is 1. The molecular formula is C37H58Cl2N2O4Si3. The van der Waals surface area contributed by atoms with E-state index in [0.717, 1.165) is 36.3 Å². The zero-order valence-corrected chi connectivity index (χ0v) is 35.3. The van der Waals surface area contributed by atoms with Gasteiger partial charge in [0.1, 0.15) is 5.41 Å². The van der Waals surface area contributed by atoms with Gasteiger partial charge in [0.15, 0.2) is 16.6 Å². The summed E-state index contributed by atoms with van der Waals surface area (Å²) in [7, 11) is -1.06. The van der Waals surface area contributed by atoms with Crippen LogP contribution in [0.1, 0.15) is 36.0 Å². The van der Waals surface area contributed by atoms with Gasteiger partial charge in [-0.05, 0) is 107 Å². The first-order chi connectivity index (χ1) is 21.8. The first-order valence-corrected chi connectivity index (χ1v) is 26.7. The third-order valence-electron chi connectivity index (χ3n) is 8.28. The highest BCUT2D eigenvalue weighted by atomic mass is 35.5. The van der Waals surface area contributed by atoms with E-state index in [-0.39, 0.29) is 18.3 Å². The summed E-state index contributed by atoms with van der Waals surface area (Å²) in [5.74, 6) is 0.0829. The Morgan fingerprint density at radius 2 is 1.21 bits per heavy atom. The summed E-state index contributed by atoms with van der Waals surface area (Å²) in [5, 5.41) is 11.9. The summed E-state index contributed by atoms with van der Waals surface area (Å²) in [6.45, 7) is 19.9. The van der Waals surface area contributed by atoms with Gasteiger partial charge in [-0.3, -0.25) is 4.79 Å². The Kier molecular flexibility index (Phi) is 15.4. The highest BCUT2D eigenvalue weighted by Crippen LogP contribution is 2.39. The van der Waals surface area contributed by atoms with Crippen LogP contribution in [0.5, 0.6) is 0 Å². The zero-order valence-electron chi connectivity index (χ0n) is 30.7. The summed E-state index contributed by atoms with van der Waals surface area (Å²) in [6.07, 6.45) is 1.97. The van der Waals surface area contributed by atoms with E-state index in [9.17, 15) is 9.90 Å². The molecule has 11 heteroatoms. The molecule has 48 heavy (non-hydrogen) atoms. The SMILES string of the molecule is CN(C)C(=O)C(CCN1CCC(O)(c2ccc(Cl)cc2)CC1)(c1ccccc1)c1ccccc1.C[Si](C)(C)O[Si](C)(C)O[Si](C)(C)C.Cl. The van der Waals surface area contributed by atoms with Crippen molar-refractivity contribution in [3.63, 3.8) is 0 Å². The van der Waals surface area contributed by atoms with E-state index in [2.05, 4.69) is 81.5 Å². The molecular weight excluding hydrogens is 692 g/mol. The largest absolute Gasteiger partial charge is 0.437 e. The van der Waals surface area contributed by atoms with Gasteiger partial charge in [-0.25, -0.2) is 0 Å². The van der Waals surface area contributed by atoms with E-state index < -0.39 is 36.2 Å². The quantitative estimate of drug-likeness (QED) is 0.199. The summed E-state index contributed by atoms with van der Waals surface area (Å²) in [4.78, 5) is 17.9. The lowest BCUT2D eigenvalue weighted by atomic mass is 9.70. The minimum Gasteiger partial charge on any atom is -0.437 e. The van der Waals surface area contributed by atoms with Crippen molar-refractivity contribution in [2.24, 2.45) is 0 Å². The van der Waals surface area contributed by atoms with Gasteiger partial charge in [-0.15, -0.1) is 12.4 Å². The van der Waals surface area contributed by atoms with Crippen molar-refractivity contribution in [2.45, 2.75) is 82.7 Å². The van der Waals surface area contributed by atoms with Crippen molar-refractivity contribution in [1.82, 2.24) is 9.80 Å². The highest BCUT2D eigenvalue weighted by molar-refractivity contribution is 6.87. The van der Waals surface area contributed by atoms with Crippen molar-refractivity contribution >= 4 is 55.1 Å². The smallest absolute Gasteiger partial charge is 0.311 e. The minimum absolute atomic E-state index is 0. The average molecular weight is 750 g/mol. The van der Waals surface area contributed by atoms with Gasteiger partial charge in [-0.2, -0.15) is 0 Å². The monoisotopic (exact) mass is 748 g/mol. The summed E-state index contributed by atoms with van der Waals surface area (Å²) < 4.78 is 12.2. The van der Waals surface area contributed by atoms with Crippen molar-refractivity contribution < 1.29 is 18.1 Å². The van der Waals surface area contributed by atoms with E-state index in [1.54, 1.807) is 4.90 Å². The predicted octanol–water partition coefficient (Wildman–Crippen LogP) is 8.90. The van der Waals surface area contributed by atoms with Crippen LogP contribution in [0.4, 0.5) is 0 Å². The second-order valence-corrected chi connectivity index (χ2v) is 28.6. The maximum absolute atomic E-state index is 13.8. The van der Waals surface area contributed by atoms with Gasteiger partial charge >= 0.3 is 8.56 Å². The predicted molar refractivity (Wildman–Crippen MR) is 212 cm³/mol. The molecule has 0 spiro atoms. The Balaban J connectivity index is 0.000000488. The van der Waals surface area contributed by atoms with Crippen LogP contribution in [0.25, 0.3) is 0 Å². The maximum atomic E-state index is 13.8. The molecule has 1 heterocycles. The van der Waals surface area contributed by atoms with Crippen LogP contribution in [0.15, 0.2) is 84.9 Å². The van der Waals surface area contributed by atoms with E-state index >= 15 is 0 Å². The molecule has 0 saturated carbocycles. The number of hydrogen-bond donors (Lipinski definition) is 1. The van der Waals surface area contributed by atoms with Gasteiger partial charge < -0.3 is 23.1 Å². The number of carbonyl (C=O) groups is 1. The second kappa shape index (κ2) is 17.4. The van der Waals surface area contributed by atoms with Crippen LogP contribution in [0.2, 0.25) is 57.4 Å². The number of hydrogen-bond acceptors (Lipinski definition) is 5. The molecule has 3 aromatic carbocycles. The fourth-order valence-electron chi connectivity index (χ4n) is 6.65. The first-order valence-electron chi connectivity index (χ1n) is 16.7. The highest BCUT2D eigenvalue weighted by Gasteiger charge is 2.44. The second-order valence-electron chi connectivity index (χ2n) is 15.3. The van der Waals surface area contributed by atoms with Crippen molar-refractivity contribution in [3.05, 3.63) is 107 Å². The van der Waals surface area contributed by atoms with E-state index in [1.165, 1.54) is 0 Å². The lowest BCUT2D eigenvalue weighted by Crippen LogP contribution is -2.50. The molecule has 1 fully saturated rings. The van der Waals surface area contributed by atoms with Gasteiger partial charge in [0.25, 0.3) is 0 Å². The molecule has 1 aliphatic rings. The molecule has 6 nitrogen and oxygen atoms in total. The number of likely N-dealkylation sites (tertiary alicyclic amines) is 1. The molecule has 0 atom stereocenters. The maximum Gasteiger partial charge on any atom is 0.311 e.